The number of ether oxygens (including phenoxy) is 1. The van der Waals surface area contributed by atoms with Crippen molar-refractivity contribution in [2.75, 3.05) is 19.7 Å². The summed E-state index contributed by atoms with van der Waals surface area (Å²) in [6.45, 7) is 3.43. The van der Waals surface area contributed by atoms with Gasteiger partial charge in [0.25, 0.3) is 0 Å². The molecule has 0 radical (unpaired) electrons. The van der Waals surface area contributed by atoms with E-state index in [2.05, 4.69) is 17.1 Å². The van der Waals surface area contributed by atoms with Crippen molar-refractivity contribution in [2.45, 2.75) is 32.6 Å². The lowest BCUT2D eigenvalue weighted by Gasteiger charge is -2.16. The van der Waals surface area contributed by atoms with E-state index in [4.69, 9.17) is 4.74 Å². The second-order valence-electron chi connectivity index (χ2n) is 7.02. The Morgan fingerprint density at radius 1 is 1.15 bits per heavy atom. The number of benzene rings is 1. The Hall–Kier alpha value is -2.69. The molecule has 0 spiro atoms. The lowest BCUT2D eigenvalue weighted by atomic mass is 10.1. The Labute approximate surface area is 160 Å². The highest BCUT2D eigenvalue weighted by molar-refractivity contribution is 5.86. The van der Waals surface area contributed by atoms with Gasteiger partial charge in [0.15, 0.2) is 0 Å². The number of hydrogen-bond donors (Lipinski definition) is 0. The number of amides is 1. The molecule has 5 nitrogen and oxygen atoms in total. The molecule has 1 amide bonds. The predicted molar refractivity (Wildman–Crippen MR) is 103 cm³/mol. The van der Waals surface area contributed by atoms with E-state index >= 15 is 0 Å². The maximum Gasteiger partial charge on any atom is 0.311 e. The van der Waals surface area contributed by atoms with E-state index < -0.39 is 0 Å². The maximum atomic E-state index is 12.3. The van der Waals surface area contributed by atoms with Crippen LogP contribution < -0.4 is 0 Å². The normalized spacial score (nSPS) is 16.6. The number of nitrogens with zero attached hydrogens (tertiary/aromatic N) is 2. The van der Waals surface area contributed by atoms with Gasteiger partial charge in [-0.25, -0.2) is 0 Å². The molecule has 1 aliphatic rings. The summed E-state index contributed by atoms with van der Waals surface area (Å²) in [5, 5.41) is 0. The second kappa shape index (κ2) is 9.31. The van der Waals surface area contributed by atoms with Gasteiger partial charge >= 0.3 is 5.97 Å². The summed E-state index contributed by atoms with van der Waals surface area (Å²) in [4.78, 5) is 30.6. The van der Waals surface area contributed by atoms with Crippen LogP contribution in [0.15, 0.2) is 48.5 Å². The SMILES string of the molecule is Cc1cccc(CCCOC(=O)C2CC(=O)N(CCc3ccccc3)C2)n1. The van der Waals surface area contributed by atoms with Crippen LogP contribution in [0, 0.1) is 12.8 Å². The number of aromatic nitrogens is 1. The van der Waals surface area contributed by atoms with Gasteiger partial charge in [0.05, 0.1) is 12.5 Å². The minimum atomic E-state index is -0.342. The summed E-state index contributed by atoms with van der Waals surface area (Å²) in [6.07, 6.45) is 2.58. The van der Waals surface area contributed by atoms with Gasteiger partial charge in [0, 0.05) is 30.9 Å². The van der Waals surface area contributed by atoms with E-state index in [0.717, 1.165) is 30.7 Å². The number of esters is 1. The Morgan fingerprint density at radius 2 is 1.96 bits per heavy atom. The number of pyridine rings is 1. The Balaban J connectivity index is 1.38. The fourth-order valence-electron chi connectivity index (χ4n) is 3.34. The quantitative estimate of drug-likeness (QED) is 0.532. The zero-order chi connectivity index (χ0) is 19.1. The summed E-state index contributed by atoms with van der Waals surface area (Å²) in [5.74, 6) is -0.565. The monoisotopic (exact) mass is 366 g/mol. The minimum Gasteiger partial charge on any atom is -0.465 e. The molecule has 1 aromatic heterocycles. The Morgan fingerprint density at radius 3 is 2.74 bits per heavy atom. The zero-order valence-electron chi connectivity index (χ0n) is 15.8. The van der Waals surface area contributed by atoms with Crippen molar-refractivity contribution >= 4 is 11.9 Å². The zero-order valence-corrected chi connectivity index (χ0v) is 15.8. The molecule has 3 rings (SSSR count). The van der Waals surface area contributed by atoms with Crippen LogP contribution in [0.2, 0.25) is 0 Å². The van der Waals surface area contributed by atoms with Crippen LogP contribution in [0.25, 0.3) is 0 Å². The topological polar surface area (TPSA) is 59.5 Å². The smallest absolute Gasteiger partial charge is 0.311 e. The molecule has 1 aromatic carbocycles. The van der Waals surface area contributed by atoms with Crippen molar-refractivity contribution in [3.8, 4) is 0 Å². The average Bonchev–Trinajstić information content (AvgIpc) is 3.05. The van der Waals surface area contributed by atoms with E-state index in [1.165, 1.54) is 5.56 Å². The molecule has 0 bridgehead atoms. The first-order valence-corrected chi connectivity index (χ1v) is 9.52. The lowest BCUT2D eigenvalue weighted by molar-refractivity contribution is -0.148. The minimum absolute atomic E-state index is 0.0387. The summed E-state index contributed by atoms with van der Waals surface area (Å²) >= 11 is 0. The number of hydrogen-bond acceptors (Lipinski definition) is 4. The average molecular weight is 366 g/mol. The fourth-order valence-corrected chi connectivity index (χ4v) is 3.34. The van der Waals surface area contributed by atoms with Gasteiger partial charge in [0.2, 0.25) is 5.91 Å². The molecule has 0 aliphatic carbocycles. The Bertz CT molecular complexity index is 776. The van der Waals surface area contributed by atoms with Gasteiger partial charge < -0.3 is 9.64 Å². The molecule has 142 valence electrons. The van der Waals surface area contributed by atoms with Gasteiger partial charge in [-0.3, -0.25) is 14.6 Å². The van der Waals surface area contributed by atoms with Crippen molar-refractivity contribution in [3.63, 3.8) is 0 Å². The number of rotatable bonds is 8. The third kappa shape index (κ3) is 5.64. The van der Waals surface area contributed by atoms with Crippen molar-refractivity contribution in [1.29, 1.82) is 0 Å². The first-order valence-electron chi connectivity index (χ1n) is 9.52. The largest absolute Gasteiger partial charge is 0.465 e. The Kier molecular flexibility index (Phi) is 6.58. The van der Waals surface area contributed by atoms with Crippen LogP contribution in [0.4, 0.5) is 0 Å². The molecule has 27 heavy (non-hydrogen) atoms. The van der Waals surface area contributed by atoms with Gasteiger partial charge in [-0.15, -0.1) is 0 Å². The number of carbonyl (C=O) groups is 2. The molecule has 2 heterocycles. The summed E-state index contributed by atoms with van der Waals surface area (Å²) in [5.41, 5.74) is 3.19. The lowest BCUT2D eigenvalue weighted by Crippen LogP contribution is -2.29. The van der Waals surface area contributed by atoms with Crippen molar-refractivity contribution in [2.24, 2.45) is 5.92 Å². The molecule has 1 atom stereocenters. The number of likely N-dealkylation sites (tertiary alicyclic amines) is 1. The highest BCUT2D eigenvalue weighted by atomic mass is 16.5. The third-order valence-electron chi connectivity index (χ3n) is 4.83. The molecule has 5 heteroatoms. The molecule has 1 saturated heterocycles. The number of aryl methyl sites for hydroxylation is 2. The van der Waals surface area contributed by atoms with Crippen LogP contribution in [-0.2, 0) is 27.2 Å². The first-order chi connectivity index (χ1) is 13.1. The van der Waals surface area contributed by atoms with Gasteiger partial charge in [-0.1, -0.05) is 36.4 Å². The van der Waals surface area contributed by atoms with Crippen LogP contribution in [0.1, 0.15) is 29.8 Å². The van der Waals surface area contributed by atoms with E-state index in [1.807, 2.05) is 43.3 Å². The first kappa shape index (κ1) is 19.1. The molecule has 1 unspecified atom stereocenters. The van der Waals surface area contributed by atoms with Crippen molar-refractivity contribution < 1.29 is 14.3 Å². The molecule has 1 fully saturated rings. The summed E-state index contributed by atoms with van der Waals surface area (Å²) < 4.78 is 5.39. The highest BCUT2D eigenvalue weighted by Gasteiger charge is 2.34. The van der Waals surface area contributed by atoms with Gasteiger partial charge in [0.1, 0.15) is 0 Å². The van der Waals surface area contributed by atoms with E-state index in [0.29, 0.717) is 19.7 Å². The summed E-state index contributed by atoms with van der Waals surface area (Å²) in [6, 6.07) is 16.0. The summed E-state index contributed by atoms with van der Waals surface area (Å²) in [7, 11) is 0. The predicted octanol–water partition coefficient (Wildman–Crippen LogP) is 2.96. The molecule has 1 aliphatic heterocycles. The van der Waals surface area contributed by atoms with Crippen LogP contribution >= 0.6 is 0 Å². The molecule has 0 N–H and O–H groups in total. The molecule has 0 saturated carbocycles. The van der Waals surface area contributed by atoms with Crippen LogP contribution in [0.3, 0.4) is 0 Å². The maximum absolute atomic E-state index is 12.3. The van der Waals surface area contributed by atoms with Crippen LogP contribution in [-0.4, -0.2) is 41.5 Å². The fraction of sp³-hybridized carbons (Fsp3) is 0.409. The molecule has 2 aromatic rings. The van der Waals surface area contributed by atoms with Crippen LogP contribution in [0.5, 0.6) is 0 Å². The van der Waals surface area contributed by atoms with Crippen molar-refractivity contribution in [3.05, 3.63) is 65.5 Å². The second-order valence-corrected chi connectivity index (χ2v) is 7.02. The number of carbonyl (C=O) groups excluding carboxylic acids is 2. The highest BCUT2D eigenvalue weighted by Crippen LogP contribution is 2.20. The van der Waals surface area contributed by atoms with Crippen molar-refractivity contribution in [1.82, 2.24) is 9.88 Å². The van der Waals surface area contributed by atoms with Gasteiger partial charge in [-0.05, 0) is 43.9 Å². The van der Waals surface area contributed by atoms with E-state index in [9.17, 15) is 9.59 Å². The van der Waals surface area contributed by atoms with E-state index in [-0.39, 0.29) is 24.2 Å². The van der Waals surface area contributed by atoms with Gasteiger partial charge in [-0.2, -0.15) is 0 Å². The molecular weight excluding hydrogens is 340 g/mol. The third-order valence-corrected chi connectivity index (χ3v) is 4.83. The van der Waals surface area contributed by atoms with E-state index in [1.54, 1.807) is 4.90 Å². The standard InChI is InChI=1S/C22H26N2O3/c1-17-7-5-10-20(23-17)11-6-14-27-22(26)19-15-21(25)24(16-19)13-12-18-8-3-2-4-9-18/h2-5,7-10,19H,6,11-16H2,1H3. The molecular formula is C22H26N2O3.